The summed E-state index contributed by atoms with van der Waals surface area (Å²) in [6.07, 6.45) is 0. The van der Waals surface area contributed by atoms with Crippen LogP contribution in [0, 0.1) is 0 Å². The first-order valence-electron chi connectivity index (χ1n) is 4.08. The molecule has 0 radical (unpaired) electrons. The molecule has 0 fully saturated rings. The standard InChI is InChI=1S/C9H9NO3S/c1-12-10-5-6-3-2-4-7-8(6)13-9(11)14-7/h2-4,10H,5H2,1H3. The highest BCUT2D eigenvalue weighted by Gasteiger charge is 2.06. The molecule has 1 aromatic heterocycles. The second-order valence-corrected chi connectivity index (χ2v) is 3.70. The Morgan fingerprint density at radius 3 is 3.21 bits per heavy atom. The summed E-state index contributed by atoms with van der Waals surface area (Å²) < 4.78 is 5.93. The third-order valence-corrected chi connectivity index (χ3v) is 2.64. The molecule has 5 heteroatoms. The first-order chi connectivity index (χ1) is 6.81. The lowest BCUT2D eigenvalue weighted by molar-refractivity contribution is 0.0868. The molecule has 0 unspecified atom stereocenters. The van der Waals surface area contributed by atoms with Crippen molar-refractivity contribution >= 4 is 21.6 Å². The maximum atomic E-state index is 11.0. The van der Waals surface area contributed by atoms with Gasteiger partial charge in [0.15, 0.2) is 5.58 Å². The molecule has 0 aliphatic rings. The molecular weight excluding hydrogens is 202 g/mol. The summed E-state index contributed by atoms with van der Waals surface area (Å²) in [4.78, 5) is 15.5. The fraction of sp³-hybridized carbons (Fsp3) is 0.222. The summed E-state index contributed by atoms with van der Waals surface area (Å²) in [5.74, 6) is 0. The molecule has 0 bridgehead atoms. The molecule has 0 atom stereocenters. The van der Waals surface area contributed by atoms with E-state index in [0.29, 0.717) is 12.1 Å². The lowest BCUT2D eigenvalue weighted by Gasteiger charge is -2.01. The first-order valence-corrected chi connectivity index (χ1v) is 4.90. The third kappa shape index (κ3) is 1.70. The number of fused-ring (bicyclic) bond motifs is 1. The predicted octanol–water partition coefficient (Wildman–Crippen LogP) is 1.51. The van der Waals surface area contributed by atoms with E-state index in [4.69, 9.17) is 9.25 Å². The minimum absolute atomic E-state index is 0.273. The second-order valence-electron chi connectivity index (χ2n) is 2.72. The van der Waals surface area contributed by atoms with Gasteiger partial charge in [0.1, 0.15) is 0 Å². The van der Waals surface area contributed by atoms with E-state index in [2.05, 4.69) is 5.48 Å². The van der Waals surface area contributed by atoms with E-state index in [1.165, 1.54) is 0 Å². The van der Waals surface area contributed by atoms with Gasteiger partial charge in [-0.1, -0.05) is 23.5 Å². The number of nitrogens with one attached hydrogen (secondary N) is 1. The zero-order valence-electron chi connectivity index (χ0n) is 7.57. The van der Waals surface area contributed by atoms with Crippen molar-refractivity contribution in [3.8, 4) is 0 Å². The van der Waals surface area contributed by atoms with E-state index in [-0.39, 0.29) is 4.94 Å². The van der Waals surface area contributed by atoms with Crippen molar-refractivity contribution in [1.82, 2.24) is 5.48 Å². The molecule has 2 rings (SSSR count). The molecule has 1 N–H and O–H groups in total. The Bertz CT molecular complexity index is 488. The Morgan fingerprint density at radius 1 is 1.57 bits per heavy atom. The summed E-state index contributed by atoms with van der Waals surface area (Å²) in [5, 5.41) is 0. The monoisotopic (exact) mass is 211 g/mol. The summed E-state index contributed by atoms with van der Waals surface area (Å²) in [5.41, 5.74) is 4.27. The van der Waals surface area contributed by atoms with Gasteiger partial charge in [0.25, 0.3) is 0 Å². The Kier molecular flexibility index (Phi) is 2.62. The van der Waals surface area contributed by atoms with Crippen LogP contribution in [-0.2, 0) is 11.4 Å². The third-order valence-electron chi connectivity index (χ3n) is 1.85. The normalized spacial score (nSPS) is 10.9. The maximum absolute atomic E-state index is 11.0. The number of hydroxylamine groups is 1. The second kappa shape index (κ2) is 3.91. The van der Waals surface area contributed by atoms with Gasteiger partial charge in [0, 0.05) is 12.1 Å². The first kappa shape index (κ1) is 9.39. The summed E-state index contributed by atoms with van der Waals surface area (Å²) in [6.45, 7) is 0.521. The molecule has 0 aliphatic carbocycles. The van der Waals surface area contributed by atoms with Crippen LogP contribution in [0.5, 0.6) is 0 Å². The van der Waals surface area contributed by atoms with Crippen LogP contribution >= 0.6 is 11.3 Å². The number of hydrogen-bond acceptors (Lipinski definition) is 5. The van der Waals surface area contributed by atoms with Crippen molar-refractivity contribution < 1.29 is 9.25 Å². The molecular formula is C9H9NO3S. The van der Waals surface area contributed by atoms with E-state index in [1.54, 1.807) is 7.11 Å². The molecule has 1 heterocycles. The number of para-hydroxylation sites is 1. The number of hydrogen-bond donors (Lipinski definition) is 1. The number of rotatable bonds is 3. The molecule has 14 heavy (non-hydrogen) atoms. The van der Waals surface area contributed by atoms with Gasteiger partial charge in [-0.3, -0.25) is 0 Å². The van der Waals surface area contributed by atoms with Crippen molar-refractivity contribution in [2.75, 3.05) is 7.11 Å². The van der Waals surface area contributed by atoms with Crippen molar-refractivity contribution in [1.29, 1.82) is 0 Å². The molecule has 2 aromatic rings. The Hall–Kier alpha value is -1.17. The van der Waals surface area contributed by atoms with E-state index >= 15 is 0 Å². The van der Waals surface area contributed by atoms with E-state index < -0.39 is 0 Å². The van der Waals surface area contributed by atoms with Crippen LogP contribution < -0.4 is 10.4 Å². The van der Waals surface area contributed by atoms with Crippen molar-refractivity contribution in [3.63, 3.8) is 0 Å². The van der Waals surface area contributed by atoms with Crippen LogP contribution in [0.25, 0.3) is 10.3 Å². The van der Waals surface area contributed by atoms with Crippen molar-refractivity contribution in [2.24, 2.45) is 0 Å². The fourth-order valence-electron chi connectivity index (χ4n) is 1.24. The lowest BCUT2D eigenvalue weighted by Crippen LogP contribution is -2.10. The minimum Gasteiger partial charge on any atom is -0.414 e. The highest BCUT2D eigenvalue weighted by atomic mass is 32.1. The van der Waals surface area contributed by atoms with Gasteiger partial charge in [-0.05, 0) is 6.07 Å². The average Bonchev–Trinajstić information content (AvgIpc) is 2.55. The largest absolute Gasteiger partial charge is 0.414 e. The molecule has 0 saturated heterocycles. The van der Waals surface area contributed by atoms with Gasteiger partial charge < -0.3 is 9.25 Å². The van der Waals surface area contributed by atoms with Gasteiger partial charge >= 0.3 is 4.94 Å². The smallest absolute Gasteiger partial charge is 0.396 e. The van der Waals surface area contributed by atoms with E-state index in [1.807, 2.05) is 18.2 Å². The zero-order valence-corrected chi connectivity index (χ0v) is 8.39. The highest BCUT2D eigenvalue weighted by molar-refractivity contribution is 7.16. The quantitative estimate of drug-likeness (QED) is 0.782. The van der Waals surface area contributed by atoms with Crippen LogP contribution in [0.1, 0.15) is 5.56 Å². The van der Waals surface area contributed by atoms with E-state index in [9.17, 15) is 4.79 Å². The fourth-order valence-corrected chi connectivity index (χ4v) is 1.96. The maximum Gasteiger partial charge on any atom is 0.396 e. The topological polar surface area (TPSA) is 51.5 Å². The van der Waals surface area contributed by atoms with Crippen molar-refractivity contribution in [2.45, 2.75) is 6.54 Å². The molecule has 0 amide bonds. The summed E-state index contributed by atoms with van der Waals surface area (Å²) in [7, 11) is 1.55. The Labute approximate surface area is 84.1 Å². The van der Waals surface area contributed by atoms with E-state index in [0.717, 1.165) is 21.6 Å². The highest BCUT2D eigenvalue weighted by Crippen LogP contribution is 2.20. The molecule has 0 aliphatic heterocycles. The van der Waals surface area contributed by atoms with Crippen molar-refractivity contribution in [3.05, 3.63) is 33.5 Å². The van der Waals surface area contributed by atoms with Crippen LogP contribution in [0.15, 0.2) is 27.4 Å². The van der Waals surface area contributed by atoms with Gasteiger partial charge in [0.2, 0.25) is 0 Å². The lowest BCUT2D eigenvalue weighted by atomic mass is 10.2. The SMILES string of the molecule is CONCc1cccc2sc(=O)oc12. The van der Waals surface area contributed by atoms with Crippen LogP contribution in [-0.4, -0.2) is 7.11 Å². The number of benzene rings is 1. The summed E-state index contributed by atoms with van der Waals surface area (Å²) >= 11 is 1.11. The van der Waals surface area contributed by atoms with Gasteiger partial charge in [-0.25, -0.2) is 4.79 Å². The molecule has 4 nitrogen and oxygen atoms in total. The van der Waals surface area contributed by atoms with Gasteiger partial charge in [-0.2, -0.15) is 5.48 Å². The van der Waals surface area contributed by atoms with Gasteiger partial charge in [0.05, 0.1) is 11.8 Å². The molecule has 0 saturated carbocycles. The Morgan fingerprint density at radius 2 is 2.43 bits per heavy atom. The summed E-state index contributed by atoms with van der Waals surface area (Å²) in [6, 6.07) is 5.64. The van der Waals surface area contributed by atoms with Crippen LogP contribution in [0.2, 0.25) is 0 Å². The van der Waals surface area contributed by atoms with Crippen LogP contribution in [0.3, 0.4) is 0 Å². The Balaban J connectivity index is 2.47. The minimum atomic E-state index is -0.273. The van der Waals surface area contributed by atoms with Crippen LogP contribution in [0.4, 0.5) is 0 Å². The molecule has 0 spiro atoms. The van der Waals surface area contributed by atoms with Gasteiger partial charge in [-0.15, -0.1) is 0 Å². The zero-order chi connectivity index (χ0) is 9.97. The average molecular weight is 211 g/mol. The molecule has 74 valence electrons. The predicted molar refractivity (Wildman–Crippen MR) is 54.2 cm³/mol. The molecule has 1 aromatic carbocycles.